The van der Waals surface area contributed by atoms with Gasteiger partial charge in [-0.05, 0) is 75.4 Å². The first-order valence-electron chi connectivity index (χ1n) is 12.4. The van der Waals surface area contributed by atoms with Crippen molar-refractivity contribution in [2.24, 2.45) is 7.05 Å². The Morgan fingerprint density at radius 2 is 1.80 bits per heavy atom. The molecule has 5 rings (SSSR count). The molecule has 0 saturated heterocycles. The van der Waals surface area contributed by atoms with Crippen LogP contribution in [-0.4, -0.2) is 51.7 Å². The lowest BCUT2D eigenvalue weighted by molar-refractivity contribution is 0.183. The van der Waals surface area contributed by atoms with Crippen molar-refractivity contribution < 1.29 is 8.42 Å². The minimum absolute atomic E-state index is 0.245. The van der Waals surface area contributed by atoms with Crippen LogP contribution < -0.4 is 0 Å². The summed E-state index contributed by atoms with van der Waals surface area (Å²) < 4.78 is 30.1. The average Bonchev–Trinajstić information content (AvgIpc) is 3.48. The molecule has 0 atom stereocenters. The zero-order valence-corrected chi connectivity index (χ0v) is 21.4. The van der Waals surface area contributed by atoms with E-state index in [1.807, 2.05) is 25.5 Å². The summed E-state index contributed by atoms with van der Waals surface area (Å²) >= 11 is 0. The Hall–Kier alpha value is -2.97. The molecule has 35 heavy (non-hydrogen) atoms. The summed E-state index contributed by atoms with van der Waals surface area (Å²) in [6.07, 6.45) is 13.0. The zero-order valence-electron chi connectivity index (χ0n) is 20.6. The monoisotopic (exact) mass is 491 g/mol. The Bertz CT molecular complexity index is 1420. The van der Waals surface area contributed by atoms with Gasteiger partial charge in [0.05, 0.1) is 11.1 Å². The maximum Gasteiger partial charge on any atom is 0.269 e. The van der Waals surface area contributed by atoms with Gasteiger partial charge < -0.3 is 4.90 Å². The van der Waals surface area contributed by atoms with E-state index in [2.05, 4.69) is 30.0 Å². The van der Waals surface area contributed by atoms with Crippen molar-refractivity contribution in [1.82, 2.24) is 23.6 Å². The van der Waals surface area contributed by atoms with Crippen LogP contribution in [0.2, 0.25) is 0 Å². The van der Waals surface area contributed by atoms with Gasteiger partial charge in [0.15, 0.2) is 5.65 Å². The molecule has 0 bridgehead atoms. The Labute approximate surface area is 207 Å². The number of pyridine rings is 1. The molecule has 8 heteroatoms. The number of nitrogens with zero attached hydrogens (tertiary/aromatic N) is 5. The van der Waals surface area contributed by atoms with Crippen LogP contribution in [-0.2, 0) is 17.1 Å². The smallest absolute Gasteiger partial charge is 0.269 e. The summed E-state index contributed by atoms with van der Waals surface area (Å²) in [6, 6.07) is 11.3. The maximum absolute atomic E-state index is 13.5. The van der Waals surface area contributed by atoms with Crippen molar-refractivity contribution in [3.05, 3.63) is 66.7 Å². The van der Waals surface area contributed by atoms with Crippen LogP contribution in [0.3, 0.4) is 0 Å². The largest absolute Gasteiger partial charge is 0.303 e. The fourth-order valence-electron chi connectivity index (χ4n) is 5.38. The molecule has 3 aromatic heterocycles. The van der Waals surface area contributed by atoms with Gasteiger partial charge in [0.2, 0.25) is 0 Å². The lowest BCUT2D eigenvalue weighted by Crippen LogP contribution is -2.35. The summed E-state index contributed by atoms with van der Waals surface area (Å²) in [5.74, 6) is 0.439. The molecule has 1 aliphatic rings. The van der Waals surface area contributed by atoms with Crippen molar-refractivity contribution >= 4 is 21.1 Å². The maximum atomic E-state index is 13.5. The van der Waals surface area contributed by atoms with Gasteiger partial charge in [0.25, 0.3) is 10.0 Å². The molecule has 0 spiro atoms. The lowest BCUT2D eigenvalue weighted by Gasteiger charge is -2.34. The predicted molar refractivity (Wildman–Crippen MR) is 139 cm³/mol. The predicted octanol–water partition coefficient (Wildman–Crippen LogP) is 5.04. The molecule has 0 amide bonds. The topological polar surface area (TPSA) is 73.0 Å². The normalized spacial score (nSPS) is 19.0. The standard InChI is InChI=1S/C27H33N5O2S/c1-4-14-30(2)23-12-10-20(11-13-23)21-15-25-26(22-17-29-31(3)18-22)19-32(27(25)28-16-21)35(33,34)24-8-6-5-7-9-24/h5-9,15-20,23H,4,10-14H2,1-3H3/t20-,23-. The van der Waals surface area contributed by atoms with E-state index in [9.17, 15) is 8.42 Å². The van der Waals surface area contributed by atoms with Crippen LogP contribution in [0.1, 0.15) is 50.5 Å². The Kier molecular flexibility index (Phi) is 6.51. The summed E-state index contributed by atoms with van der Waals surface area (Å²) in [4.78, 5) is 7.47. The van der Waals surface area contributed by atoms with Crippen LogP contribution in [0, 0.1) is 0 Å². The van der Waals surface area contributed by atoms with E-state index < -0.39 is 10.0 Å². The second-order valence-corrected chi connectivity index (χ2v) is 11.5. The number of fused-ring (bicyclic) bond motifs is 1. The number of rotatable bonds is 7. The van der Waals surface area contributed by atoms with Gasteiger partial charge >= 0.3 is 0 Å². The first-order valence-corrected chi connectivity index (χ1v) is 13.8. The van der Waals surface area contributed by atoms with E-state index in [0.717, 1.165) is 35.9 Å². The third-order valence-corrected chi connectivity index (χ3v) is 8.98. The zero-order chi connectivity index (χ0) is 24.6. The minimum Gasteiger partial charge on any atom is -0.303 e. The first kappa shape index (κ1) is 23.8. The fourth-order valence-corrected chi connectivity index (χ4v) is 6.73. The highest BCUT2D eigenvalue weighted by Gasteiger charge is 2.27. The van der Waals surface area contributed by atoms with Crippen LogP contribution in [0.4, 0.5) is 0 Å². The summed E-state index contributed by atoms with van der Waals surface area (Å²) in [7, 11) is 0.312. The van der Waals surface area contributed by atoms with Crippen LogP contribution in [0.15, 0.2) is 66.1 Å². The first-order chi connectivity index (χ1) is 16.9. The van der Waals surface area contributed by atoms with Crippen LogP contribution in [0.25, 0.3) is 22.2 Å². The highest BCUT2D eigenvalue weighted by Crippen LogP contribution is 2.38. The van der Waals surface area contributed by atoms with E-state index in [0.29, 0.717) is 17.6 Å². The molecule has 184 valence electrons. The summed E-state index contributed by atoms with van der Waals surface area (Å²) in [6.45, 7) is 3.37. The highest BCUT2D eigenvalue weighted by molar-refractivity contribution is 7.90. The molecule has 1 fully saturated rings. The quantitative estimate of drug-likeness (QED) is 0.362. The second-order valence-electron chi connectivity index (χ2n) is 9.69. The van der Waals surface area contributed by atoms with Crippen molar-refractivity contribution in [3.8, 4) is 11.1 Å². The summed E-state index contributed by atoms with van der Waals surface area (Å²) in [5.41, 5.74) is 3.35. The van der Waals surface area contributed by atoms with Gasteiger partial charge in [0, 0.05) is 48.2 Å². The van der Waals surface area contributed by atoms with Gasteiger partial charge in [-0.15, -0.1) is 0 Å². The molecule has 1 aliphatic carbocycles. The van der Waals surface area contributed by atoms with Gasteiger partial charge in [-0.1, -0.05) is 25.1 Å². The average molecular weight is 492 g/mol. The number of aryl methyl sites for hydroxylation is 1. The molecule has 0 unspecified atom stereocenters. The molecular formula is C27H33N5O2S. The summed E-state index contributed by atoms with van der Waals surface area (Å²) in [5, 5.41) is 5.16. The highest BCUT2D eigenvalue weighted by atomic mass is 32.2. The minimum atomic E-state index is -3.78. The third kappa shape index (κ3) is 4.52. The van der Waals surface area contributed by atoms with E-state index >= 15 is 0 Å². The van der Waals surface area contributed by atoms with Gasteiger partial charge in [-0.3, -0.25) is 4.68 Å². The van der Waals surface area contributed by atoms with Crippen molar-refractivity contribution in [1.29, 1.82) is 0 Å². The molecule has 3 heterocycles. The molecular weight excluding hydrogens is 458 g/mol. The number of hydrogen-bond donors (Lipinski definition) is 0. The van der Waals surface area contributed by atoms with Crippen LogP contribution >= 0.6 is 0 Å². The molecule has 1 aromatic carbocycles. The second kappa shape index (κ2) is 9.59. The van der Waals surface area contributed by atoms with Gasteiger partial charge in [-0.25, -0.2) is 17.4 Å². The Morgan fingerprint density at radius 1 is 1.06 bits per heavy atom. The number of hydrogen-bond acceptors (Lipinski definition) is 5. The molecule has 4 aromatic rings. The van der Waals surface area contributed by atoms with Crippen molar-refractivity contribution in [2.75, 3.05) is 13.6 Å². The molecule has 1 saturated carbocycles. The van der Waals surface area contributed by atoms with Gasteiger partial charge in [-0.2, -0.15) is 5.10 Å². The lowest BCUT2D eigenvalue weighted by atomic mass is 9.81. The van der Waals surface area contributed by atoms with E-state index in [1.54, 1.807) is 41.3 Å². The fraction of sp³-hybridized carbons (Fsp3) is 0.407. The Balaban J connectivity index is 1.55. The SMILES string of the molecule is CCCN(C)[C@H]1CC[C@H](c2cnc3c(c2)c(-c2cnn(C)c2)cn3S(=O)(=O)c2ccccc2)CC1. The number of benzene rings is 1. The molecule has 7 nitrogen and oxygen atoms in total. The van der Waals surface area contributed by atoms with Crippen molar-refractivity contribution in [2.45, 2.75) is 55.9 Å². The van der Waals surface area contributed by atoms with E-state index in [-0.39, 0.29) is 4.90 Å². The van der Waals surface area contributed by atoms with E-state index in [1.165, 1.54) is 28.8 Å². The molecule has 0 aliphatic heterocycles. The molecule has 0 N–H and O–H groups in total. The van der Waals surface area contributed by atoms with Crippen LogP contribution in [0.5, 0.6) is 0 Å². The molecule has 0 radical (unpaired) electrons. The number of aromatic nitrogens is 4. The van der Waals surface area contributed by atoms with E-state index in [4.69, 9.17) is 4.98 Å². The van der Waals surface area contributed by atoms with Gasteiger partial charge in [0.1, 0.15) is 0 Å². The Morgan fingerprint density at radius 3 is 2.46 bits per heavy atom. The third-order valence-electron chi connectivity index (χ3n) is 7.32. The van der Waals surface area contributed by atoms with Crippen molar-refractivity contribution in [3.63, 3.8) is 0 Å².